The Morgan fingerprint density at radius 1 is 1.24 bits per heavy atom. The number of anilines is 1. The first-order valence-corrected chi connectivity index (χ1v) is 11.0. The largest absolute Gasteiger partial charge is 0.474 e. The molecule has 3 aromatic heterocycles. The lowest BCUT2D eigenvalue weighted by atomic mass is 10.1. The maximum atomic E-state index is 12.9. The average Bonchev–Trinajstić information content (AvgIpc) is 3.15. The summed E-state index contributed by atoms with van der Waals surface area (Å²) in [6.07, 6.45) is 0.752. The molecule has 3 aromatic rings. The summed E-state index contributed by atoms with van der Waals surface area (Å²) >= 11 is 1.04. The highest BCUT2D eigenvalue weighted by atomic mass is 32.1. The number of hydrogen-bond donors (Lipinski definition) is 2. The maximum Gasteiger partial charge on any atom is 0.434 e. The molecule has 1 amide bonds. The number of ether oxygens (including phenoxy) is 1. The number of hydrogen-bond acceptors (Lipinski definition) is 8. The minimum atomic E-state index is -4.59. The molecule has 33 heavy (non-hydrogen) atoms. The first-order valence-electron chi connectivity index (χ1n) is 10.3. The Hall–Kier alpha value is -3.12. The molecule has 0 aromatic carbocycles. The van der Waals surface area contributed by atoms with Gasteiger partial charge in [-0.05, 0) is 50.5 Å². The Balaban J connectivity index is 1.44. The van der Waals surface area contributed by atoms with Crippen LogP contribution in [0.1, 0.15) is 45.2 Å². The molecule has 0 radical (unpaired) electrons. The quantitative estimate of drug-likeness (QED) is 0.558. The molecule has 1 aliphatic rings. The number of rotatable bonds is 6. The van der Waals surface area contributed by atoms with Gasteiger partial charge in [-0.25, -0.2) is 9.97 Å². The van der Waals surface area contributed by atoms with Crippen LogP contribution in [0.3, 0.4) is 0 Å². The molecule has 8 nitrogen and oxygen atoms in total. The molecule has 1 fully saturated rings. The van der Waals surface area contributed by atoms with Crippen molar-refractivity contribution < 1.29 is 22.7 Å². The van der Waals surface area contributed by atoms with E-state index in [9.17, 15) is 18.0 Å². The Labute approximate surface area is 191 Å². The van der Waals surface area contributed by atoms with Crippen molar-refractivity contribution in [3.8, 4) is 5.88 Å². The molecule has 0 saturated carbocycles. The Morgan fingerprint density at radius 3 is 2.73 bits per heavy atom. The van der Waals surface area contributed by atoms with Gasteiger partial charge < -0.3 is 15.4 Å². The van der Waals surface area contributed by atoms with Gasteiger partial charge in [0.05, 0.1) is 35.0 Å². The summed E-state index contributed by atoms with van der Waals surface area (Å²) in [7, 11) is 0. The number of carbonyl (C=O) groups is 1. The molecule has 4 heterocycles. The number of aromatic nitrogens is 4. The predicted molar refractivity (Wildman–Crippen MR) is 115 cm³/mol. The number of alkyl halides is 3. The number of piperidine rings is 1. The molecule has 0 bridgehead atoms. The summed E-state index contributed by atoms with van der Waals surface area (Å²) in [4.78, 5) is 24.9. The SMILES string of the molecule is Cc1nsc(Cc2cncc(C(F)(F)F)n2)c1C(=O)Nc1ccc(OC2CCNCC2)nc1. The predicted octanol–water partition coefficient (Wildman–Crippen LogP) is 3.63. The second-order valence-corrected chi connectivity index (χ2v) is 8.40. The topological polar surface area (TPSA) is 102 Å². The molecule has 2 N–H and O–H groups in total. The molecule has 4 rings (SSSR count). The van der Waals surface area contributed by atoms with Crippen molar-refractivity contribution in [3.05, 3.63) is 58.2 Å². The van der Waals surface area contributed by atoms with Crippen LogP contribution in [0.4, 0.5) is 18.9 Å². The molecule has 0 unspecified atom stereocenters. The van der Waals surface area contributed by atoms with E-state index in [0.29, 0.717) is 33.9 Å². The van der Waals surface area contributed by atoms with Gasteiger partial charge in [-0.15, -0.1) is 0 Å². The summed E-state index contributed by atoms with van der Waals surface area (Å²) in [5.41, 5.74) is 0.266. The molecule has 12 heteroatoms. The van der Waals surface area contributed by atoms with Gasteiger partial charge in [0.1, 0.15) is 6.10 Å². The molecule has 0 aliphatic carbocycles. The normalized spacial score (nSPS) is 14.8. The number of aryl methyl sites for hydroxylation is 1. The van der Waals surface area contributed by atoms with E-state index in [1.807, 2.05) is 0 Å². The number of nitrogens with one attached hydrogen (secondary N) is 2. The summed E-state index contributed by atoms with van der Waals surface area (Å²) in [5, 5.41) is 6.03. The van der Waals surface area contributed by atoms with E-state index in [4.69, 9.17) is 4.74 Å². The molecule has 0 atom stereocenters. The monoisotopic (exact) mass is 478 g/mol. The van der Waals surface area contributed by atoms with Crippen molar-refractivity contribution in [2.24, 2.45) is 0 Å². The molecular weight excluding hydrogens is 457 g/mol. The van der Waals surface area contributed by atoms with Gasteiger partial charge in [-0.3, -0.25) is 9.78 Å². The van der Waals surface area contributed by atoms with E-state index >= 15 is 0 Å². The fourth-order valence-electron chi connectivity index (χ4n) is 3.42. The molecule has 1 aliphatic heterocycles. The van der Waals surface area contributed by atoms with E-state index in [2.05, 4.69) is 30.0 Å². The van der Waals surface area contributed by atoms with E-state index < -0.39 is 17.8 Å². The van der Waals surface area contributed by atoms with E-state index in [1.165, 1.54) is 12.4 Å². The Morgan fingerprint density at radius 2 is 2.03 bits per heavy atom. The van der Waals surface area contributed by atoms with Crippen LogP contribution in [0.15, 0.2) is 30.7 Å². The van der Waals surface area contributed by atoms with Crippen molar-refractivity contribution in [1.82, 2.24) is 24.6 Å². The summed E-state index contributed by atoms with van der Waals surface area (Å²) in [5.74, 6) is 0.0575. The van der Waals surface area contributed by atoms with E-state index in [1.54, 1.807) is 19.1 Å². The Kier molecular flexibility index (Phi) is 6.84. The first kappa shape index (κ1) is 23.1. The number of pyridine rings is 1. The van der Waals surface area contributed by atoms with Gasteiger partial charge in [0.25, 0.3) is 5.91 Å². The smallest absolute Gasteiger partial charge is 0.434 e. The Bertz CT molecular complexity index is 1110. The molecular formula is C21H21F3N6O2S. The lowest BCUT2D eigenvalue weighted by Crippen LogP contribution is -2.34. The molecule has 1 saturated heterocycles. The molecule has 174 valence electrons. The minimum absolute atomic E-state index is 0.00640. The third kappa shape index (κ3) is 5.82. The zero-order valence-electron chi connectivity index (χ0n) is 17.6. The number of halogens is 3. The van der Waals surface area contributed by atoms with Gasteiger partial charge in [0.2, 0.25) is 5.88 Å². The summed E-state index contributed by atoms with van der Waals surface area (Å²) in [6.45, 7) is 3.48. The van der Waals surface area contributed by atoms with Crippen LogP contribution >= 0.6 is 11.5 Å². The van der Waals surface area contributed by atoms with Crippen LogP contribution < -0.4 is 15.4 Å². The third-order valence-corrected chi connectivity index (χ3v) is 5.98. The van der Waals surface area contributed by atoms with Crippen LogP contribution in [0.5, 0.6) is 5.88 Å². The highest BCUT2D eigenvalue weighted by molar-refractivity contribution is 7.06. The van der Waals surface area contributed by atoms with Gasteiger partial charge in [0.15, 0.2) is 5.69 Å². The van der Waals surface area contributed by atoms with Crippen molar-refractivity contribution in [3.63, 3.8) is 0 Å². The van der Waals surface area contributed by atoms with Crippen molar-refractivity contribution >= 4 is 23.1 Å². The fourth-order valence-corrected chi connectivity index (χ4v) is 4.30. The van der Waals surface area contributed by atoms with Gasteiger partial charge in [0, 0.05) is 23.6 Å². The maximum absolute atomic E-state index is 12.9. The second-order valence-electron chi connectivity index (χ2n) is 7.54. The van der Waals surface area contributed by atoms with Gasteiger partial charge in [-0.1, -0.05) is 0 Å². The average molecular weight is 479 g/mol. The standard InChI is InChI=1S/C21H21F3N6O2S/c1-12-19(16(33-30-12)8-14-9-26-11-17(28-14)21(22,23)24)20(31)29-13-2-3-18(27-10-13)32-15-4-6-25-7-5-15/h2-3,9-11,15,25H,4-8H2,1H3,(H,29,31). The second kappa shape index (κ2) is 9.79. The zero-order valence-corrected chi connectivity index (χ0v) is 18.5. The molecule has 0 spiro atoms. The van der Waals surface area contributed by atoms with Crippen LogP contribution in [-0.4, -0.2) is 44.4 Å². The number of carbonyl (C=O) groups excluding carboxylic acids is 1. The number of amides is 1. The van der Waals surface area contributed by atoms with Gasteiger partial charge >= 0.3 is 6.18 Å². The van der Waals surface area contributed by atoms with Crippen LogP contribution in [-0.2, 0) is 12.6 Å². The summed E-state index contributed by atoms with van der Waals surface area (Å²) < 4.78 is 48.8. The van der Waals surface area contributed by atoms with E-state index in [-0.39, 0.29) is 18.2 Å². The highest BCUT2D eigenvalue weighted by Crippen LogP contribution is 2.28. The van der Waals surface area contributed by atoms with Crippen molar-refractivity contribution in [2.45, 2.75) is 38.5 Å². The van der Waals surface area contributed by atoms with Crippen molar-refractivity contribution in [1.29, 1.82) is 0 Å². The fraction of sp³-hybridized carbons (Fsp3) is 0.381. The first-order chi connectivity index (χ1) is 15.8. The van der Waals surface area contributed by atoms with E-state index in [0.717, 1.165) is 37.5 Å². The summed E-state index contributed by atoms with van der Waals surface area (Å²) in [6, 6.07) is 3.38. The van der Waals surface area contributed by atoms with Crippen LogP contribution in [0.25, 0.3) is 0 Å². The lowest BCUT2D eigenvalue weighted by molar-refractivity contribution is -0.141. The van der Waals surface area contributed by atoms with Crippen molar-refractivity contribution in [2.75, 3.05) is 18.4 Å². The lowest BCUT2D eigenvalue weighted by Gasteiger charge is -2.23. The number of nitrogens with zero attached hydrogens (tertiary/aromatic N) is 4. The van der Waals surface area contributed by atoms with Gasteiger partial charge in [-0.2, -0.15) is 17.5 Å². The van der Waals surface area contributed by atoms with Crippen LogP contribution in [0, 0.1) is 6.92 Å². The zero-order chi connectivity index (χ0) is 23.4. The highest BCUT2D eigenvalue weighted by Gasteiger charge is 2.33. The van der Waals surface area contributed by atoms with Crippen LogP contribution in [0.2, 0.25) is 0 Å². The third-order valence-electron chi connectivity index (χ3n) is 5.04. The minimum Gasteiger partial charge on any atom is -0.474 e.